The number of aliphatic carboxylic acids is 1. The third kappa shape index (κ3) is 4.78. The van der Waals surface area contributed by atoms with Gasteiger partial charge in [0.05, 0.1) is 12.0 Å². The second-order valence-corrected chi connectivity index (χ2v) is 5.82. The van der Waals surface area contributed by atoms with Gasteiger partial charge in [-0.2, -0.15) is 0 Å². The van der Waals surface area contributed by atoms with E-state index in [9.17, 15) is 14.7 Å². The molecule has 0 radical (unpaired) electrons. The molecule has 0 aromatic rings. The maximum Gasteiger partial charge on any atom is 0.309 e. The zero-order valence-electron chi connectivity index (χ0n) is 12.8. The summed E-state index contributed by atoms with van der Waals surface area (Å²) in [6.45, 7) is 6.65. The minimum Gasteiger partial charge on any atom is -0.481 e. The quantitative estimate of drug-likeness (QED) is 0.668. The van der Waals surface area contributed by atoms with Gasteiger partial charge in [0.1, 0.15) is 0 Å². The van der Waals surface area contributed by atoms with Gasteiger partial charge in [-0.15, -0.1) is 0 Å². The number of carboxylic acids is 1. The minimum atomic E-state index is -0.675. The van der Waals surface area contributed by atoms with Gasteiger partial charge >= 0.3 is 5.97 Å². The van der Waals surface area contributed by atoms with E-state index in [1.807, 2.05) is 6.92 Å². The Hall–Kier alpha value is -1.10. The van der Waals surface area contributed by atoms with Crippen LogP contribution in [0.3, 0.4) is 0 Å². The summed E-state index contributed by atoms with van der Waals surface area (Å²) in [5, 5.41) is 12.3. The summed E-state index contributed by atoms with van der Waals surface area (Å²) >= 11 is 0. The van der Waals surface area contributed by atoms with Crippen molar-refractivity contribution in [2.45, 2.75) is 52.4 Å². The molecule has 0 atom stereocenters. The molecule has 1 saturated heterocycles. The second kappa shape index (κ2) is 8.25. The fourth-order valence-corrected chi connectivity index (χ4v) is 2.85. The number of carboxylic acid groups (broad SMARTS) is 1. The molecule has 1 fully saturated rings. The number of amides is 1. The van der Waals surface area contributed by atoms with E-state index < -0.39 is 11.4 Å². The Morgan fingerprint density at radius 1 is 1.20 bits per heavy atom. The second-order valence-electron chi connectivity index (χ2n) is 5.82. The van der Waals surface area contributed by atoms with Gasteiger partial charge < -0.3 is 10.4 Å². The smallest absolute Gasteiger partial charge is 0.309 e. The minimum absolute atomic E-state index is 0.0526. The third-order valence-corrected chi connectivity index (χ3v) is 4.22. The van der Waals surface area contributed by atoms with E-state index >= 15 is 0 Å². The number of unbranched alkanes of at least 4 members (excludes halogenated alkanes) is 1. The van der Waals surface area contributed by atoms with Crippen LogP contribution in [0.5, 0.6) is 0 Å². The molecule has 0 unspecified atom stereocenters. The van der Waals surface area contributed by atoms with Crippen molar-refractivity contribution < 1.29 is 14.7 Å². The lowest BCUT2D eigenvalue weighted by Crippen LogP contribution is -2.47. The van der Waals surface area contributed by atoms with Crippen molar-refractivity contribution in [1.82, 2.24) is 10.2 Å². The molecule has 1 aliphatic heterocycles. The summed E-state index contributed by atoms with van der Waals surface area (Å²) in [5.41, 5.74) is -0.566. The van der Waals surface area contributed by atoms with Crippen molar-refractivity contribution in [2.75, 3.05) is 26.2 Å². The molecule has 20 heavy (non-hydrogen) atoms. The predicted molar refractivity (Wildman–Crippen MR) is 78.6 cm³/mol. The Balaban J connectivity index is 2.37. The molecule has 116 valence electrons. The number of hydrogen-bond donors (Lipinski definition) is 2. The average molecular weight is 284 g/mol. The van der Waals surface area contributed by atoms with Crippen molar-refractivity contribution in [1.29, 1.82) is 0 Å². The van der Waals surface area contributed by atoms with Crippen LogP contribution in [0.1, 0.15) is 52.4 Å². The number of piperidine rings is 1. The van der Waals surface area contributed by atoms with Crippen molar-refractivity contribution >= 4 is 11.9 Å². The molecule has 0 spiro atoms. The molecule has 0 bridgehead atoms. The van der Waals surface area contributed by atoms with Crippen LogP contribution in [-0.4, -0.2) is 48.1 Å². The van der Waals surface area contributed by atoms with Crippen LogP contribution >= 0.6 is 0 Å². The topological polar surface area (TPSA) is 69.6 Å². The zero-order chi connectivity index (χ0) is 15.0. The first kappa shape index (κ1) is 17.0. The highest BCUT2D eigenvalue weighted by Gasteiger charge is 2.40. The van der Waals surface area contributed by atoms with E-state index in [-0.39, 0.29) is 5.91 Å². The normalized spacial score (nSPS) is 18.7. The van der Waals surface area contributed by atoms with Crippen molar-refractivity contribution in [3.05, 3.63) is 0 Å². The number of carbonyl (C=O) groups is 2. The van der Waals surface area contributed by atoms with Crippen molar-refractivity contribution in [3.63, 3.8) is 0 Å². The van der Waals surface area contributed by atoms with Gasteiger partial charge in [0.15, 0.2) is 0 Å². The molecule has 0 aromatic heterocycles. The van der Waals surface area contributed by atoms with E-state index in [1.165, 1.54) is 0 Å². The molecule has 1 aliphatic rings. The van der Waals surface area contributed by atoms with Gasteiger partial charge in [-0.05, 0) is 38.8 Å². The molecular formula is C15H28N2O3. The van der Waals surface area contributed by atoms with Crippen LogP contribution in [0.15, 0.2) is 0 Å². The van der Waals surface area contributed by atoms with E-state index in [4.69, 9.17) is 0 Å². The summed E-state index contributed by atoms with van der Waals surface area (Å²) in [6, 6.07) is 0. The van der Waals surface area contributed by atoms with Crippen molar-refractivity contribution in [3.8, 4) is 0 Å². The van der Waals surface area contributed by atoms with E-state index in [0.717, 1.165) is 32.2 Å². The molecule has 1 rings (SSSR count). The monoisotopic (exact) mass is 284 g/mol. The summed E-state index contributed by atoms with van der Waals surface area (Å²) in [7, 11) is 0. The van der Waals surface area contributed by atoms with Gasteiger partial charge in [0.2, 0.25) is 5.91 Å². The lowest BCUT2D eigenvalue weighted by molar-refractivity contribution is -0.152. The van der Waals surface area contributed by atoms with E-state index in [1.54, 1.807) is 0 Å². The fourth-order valence-electron chi connectivity index (χ4n) is 2.85. The average Bonchev–Trinajstić information content (AvgIpc) is 2.41. The van der Waals surface area contributed by atoms with Crippen molar-refractivity contribution in [2.24, 2.45) is 5.41 Å². The van der Waals surface area contributed by atoms with Gasteiger partial charge in [0.25, 0.3) is 0 Å². The Kier molecular flexibility index (Phi) is 6.99. The molecule has 1 amide bonds. The van der Waals surface area contributed by atoms with Crippen LogP contribution in [0.2, 0.25) is 0 Å². The number of likely N-dealkylation sites (tertiary alicyclic amines) is 1. The zero-order valence-corrected chi connectivity index (χ0v) is 12.8. The van der Waals surface area contributed by atoms with Crippen LogP contribution in [0.25, 0.3) is 0 Å². The summed E-state index contributed by atoms with van der Waals surface area (Å²) in [5.74, 6) is -0.622. The van der Waals surface area contributed by atoms with Crippen LogP contribution in [0.4, 0.5) is 0 Å². The first-order valence-electron chi connectivity index (χ1n) is 7.76. The number of rotatable bonds is 8. The maximum absolute atomic E-state index is 11.7. The molecule has 0 saturated carbocycles. The molecule has 5 heteroatoms. The number of nitrogens with zero attached hydrogens (tertiary/aromatic N) is 1. The highest BCUT2D eigenvalue weighted by molar-refractivity contribution is 5.78. The third-order valence-electron chi connectivity index (χ3n) is 4.22. The highest BCUT2D eigenvalue weighted by Crippen LogP contribution is 2.36. The fraction of sp³-hybridized carbons (Fsp3) is 0.867. The molecule has 1 heterocycles. The first-order valence-corrected chi connectivity index (χ1v) is 7.76. The first-order chi connectivity index (χ1) is 9.54. The summed E-state index contributed by atoms with van der Waals surface area (Å²) in [6.07, 6.45) is 5.01. The predicted octanol–water partition coefficient (Wildman–Crippen LogP) is 1.87. The standard InChI is InChI=1S/C15H28N2O3/c1-3-5-9-16-13(18)12-17-10-7-15(6-4-2,8-11-17)14(19)20/h3-12H2,1-2H3,(H,16,18)(H,19,20). The summed E-state index contributed by atoms with van der Waals surface area (Å²) in [4.78, 5) is 25.3. The lowest BCUT2D eigenvalue weighted by atomic mass is 9.75. The molecule has 0 aliphatic carbocycles. The number of nitrogens with one attached hydrogen (secondary N) is 1. The SMILES string of the molecule is CCCCNC(=O)CN1CCC(CCC)(C(=O)O)CC1. The molecule has 0 aromatic carbocycles. The number of carbonyl (C=O) groups excluding carboxylic acids is 1. The van der Waals surface area contributed by atoms with Crippen LogP contribution in [-0.2, 0) is 9.59 Å². The summed E-state index contributed by atoms with van der Waals surface area (Å²) < 4.78 is 0. The Morgan fingerprint density at radius 2 is 1.85 bits per heavy atom. The Bertz CT molecular complexity index is 323. The maximum atomic E-state index is 11.7. The Labute approximate surface area is 121 Å². The largest absolute Gasteiger partial charge is 0.481 e. The van der Waals surface area contributed by atoms with Gasteiger partial charge in [-0.3, -0.25) is 14.5 Å². The number of hydrogen-bond acceptors (Lipinski definition) is 3. The van der Waals surface area contributed by atoms with Crippen LogP contribution < -0.4 is 5.32 Å². The molecular weight excluding hydrogens is 256 g/mol. The van der Waals surface area contributed by atoms with Gasteiger partial charge in [-0.25, -0.2) is 0 Å². The van der Waals surface area contributed by atoms with E-state index in [2.05, 4.69) is 17.1 Å². The Morgan fingerprint density at radius 3 is 2.35 bits per heavy atom. The lowest BCUT2D eigenvalue weighted by Gasteiger charge is -2.38. The molecule has 5 nitrogen and oxygen atoms in total. The van der Waals surface area contributed by atoms with E-state index in [0.29, 0.717) is 32.5 Å². The van der Waals surface area contributed by atoms with Gasteiger partial charge in [0, 0.05) is 6.54 Å². The molecule has 2 N–H and O–H groups in total. The highest BCUT2D eigenvalue weighted by atomic mass is 16.4. The van der Waals surface area contributed by atoms with Crippen LogP contribution in [0, 0.1) is 5.41 Å². The van der Waals surface area contributed by atoms with Gasteiger partial charge in [-0.1, -0.05) is 26.7 Å².